The van der Waals surface area contributed by atoms with Crippen molar-refractivity contribution in [3.05, 3.63) is 45.6 Å². The van der Waals surface area contributed by atoms with E-state index >= 15 is 0 Å². The molecule has 2 rings (SSSR count). The summed E-state index contributed by atoms with van der Waals surface area (Å²) in [6.45, 7) is 0. The molecule has 0 spiro atoms. The topological polar surface area (TPSA) is 76.0 Å². The number of aromatic carboxylic acids is 1. The van der Waals surface area contributed by atoms with E-state index in [1.54, 1.807) is 23.6 Å². The van der Waals surface area contributed by atoms with Crippen molar-refractivity contribution in [2.24, 2.45) is 0 Å². The Morgan fingerprint density at radius 1 is 1.20 bits per heavy atom. The van der Waals surface area contributed by atoms with Crippen LogP contribution in [0.1, 0.15) is 26.9 Å². The number of carboxylic acid groups (broad SMARTS) is 1. The van der Waals surface area contributed by atoms with E-state index in [2.05, 4.69) is 0 Å². The van der Waals surface area contributed by atoms with Gasteiger partial charge in [-0.05, 0) is 29.1 Å². The number of aliphatic hydroxyl groups excluding tert-OH is 1. The molecule has 2 N–H and O–H groups in total. The van der Waals surface area contributed by atoms with Crippen molar-refractivity contribution >= 4 is 17.3 Å². The molecule has 1 aromatic carbocycles. The Balaban J connectivity index is 2.44. The van der Waals surface area contributed by atoms with Gasteiger partial charge < -0.3 is 19.7 Å². The monoisotopic (exact) mass is 294 g/mol. The van der Waals surface area contributed by atoms with Gasteiger partial charge in [0.25, 0.3) is 0 Å². The molecule has 1 unspecified atom stereocenters. The Morgan fingerprint density at radius 3 is 2.30 bits per heavy atom. The molecule has 0 aliphatic carbocycles. The first-order chi connectivity index (χ1) is 9.56. The van der Waals surface area contributed by atoms with Gasteiger partial charge in [-0.25, -0.2) is 4.79 Å². The molecule has 0 aliphatic heterocycles. The van der Waals surface area contributed by atoms with Crippen molar-refractivity contribution in [3.63, 3.8) is 0 Å². The van der Waals surface area contributed by atoms with Crippen LogP contribution in [-0.2, 0) is 0 Å². The van der Waals surface area contributed by atoms with Gasteiger partial charge in [0.05, 0.1) is 24.7 Å². The number of hydrogen-bond donors (Lipinski definition) is 2. The highest BCUT2D eigenvalue weighted by atomic mass is 32.1. The summed E-state index contributed by atoms with van der Waals surface area (Å²) >= 11 is 1.20. The highest BCUT2D eigenvalue weighted by molar-refractivity contribution is 7.10. The Hall–Kier alpha value is -2.05. The molecule has 6 heteroatoms. The lowest BCUT2D eigenvalue weighted by atomic mass is 10.0. The van der Waals surface area contributed by atoms with Crippen molar-refractivity contribution in [1.82, 2.24) is 0 Å². The van der Waals surface area contributed by atoms with Crippen molar-refractivity contribution in [2.45, 2.75) is 6.10 Å². The molecular weight excluding hydrogens is 280 g/mol. The minimum Gasteiger partial charge on any atom is -0.497 e. The van der Waals surface area contributed by atoms with E-state index in [0.717, 1.165) is 0 Å². The second-order valence-electron chi connectivity index (χ2n) is 4.05. The van der Waals surface area contributed by atoms with Crippen LogP contribution in [0.25, 0.3) is 0 Å². The maximum atomic E-state index is 11.1. The molecule has 0 saturated carbocycles. The molecule has 0 amide bonds. The third-order valence-electron chi connectivity index (χ3n) is 2.86. The molecule has 0 aliphatic rings. The minimum absolute atomic E-state index is 0.101. The van der Waals surface area contributed by atoms with Crippen LogP contribution in [0.5, 0.6) is 11.5 Å². The molecule has 1 atom stereocenters. The van der Waals surface area contributed by atoms with E-state index in [1.165, 1.54) is 31.6 Å². The number of carboxylic acids is 1. The molecule has 0 fully saturated rings. The largest absolute Gasteiger partial charge is 0.497 e. The summed E-state index contributed by atoms with van der Waals surface area (Å²) < 4.78 is 10.3. The van der Waals surface area contributed by atoms with Gasteiger partial charge in [-0.15, -0.1) is 11.3 Å². The van der Waals surface area contributed by atoms with E-state index in [0.29, 0.717) is 21.9 Å². The zero-order chi connectivity index (χ0) is 14.7. The summed E-state index contributed by atoms with van der Waals surface area (Å²) in [5.74, 6) is 0.00817. The van der Waals surface area contributed by atoms with Gasteiger partial charge in [0.15, 0.2) is 0 Å². The van der Waals surface area contributed by atoms with Crippen LogP contribution in [0.3, 0.4) is 0 Å². The predicted octanol–water partition coefficient (Wildman–Crippen LogP) is 2.55. The van der Waals surface area contributed by atoms with Crippen LogP contribution >= 0.6 is 11.3 Å². The molecule has 5 nitrogen and oxygen atoms in total. The molecule has 1 heterocycles. The molecule has 0 bridgehead atoms. The fourth-order valence-corrected chi connectivity index (χ4v) is 2.75. The summed E-state index contributed by atoms with van der Waals surface area (Å²) in [5.41, 5.74) is 0.621. The van der Waals surface area contributed by atoms with Crippen molar-refractivity contribution in [1.29, 1.82) is 0 Å². The van der Waals surface area contributed by atoms with E-state index in [1.807, 2.05) is 0 Å². The van der Waals surface area contributed by atoms with Gasteiger partial charge in [-0.2, -0.15) is 0 Å². The first-order valence-electron chi connectivity index (χ1n) is 5.78. The average Bonchev–Trinajstić information content (AvgIpc) is 2.95. The second kappa shape index (κ2) is 5.94. The maximum Gasteiger partial charge on any atom is 0.336 e. The van der Waals surface area contributed by atoms with Crippen LogP contribution in [0.15, 0.2) is 29.6 Å². The highest BCUT2D eigenvalue weighted by Gasteiger charge is 2.21. The average molecular weight is 294 g/mol. The first kappa shape index (κ1) is 14.4. The predicted molar refractivity (Wildman–Crippen MR) is 74.9 cm³/mol. The number of methoxy groups -OCH3 is 2. The van der Waals surface area contributed by atoms with Crippen LogP contribution in [0.2, 0.25) is 0 Å². The molecular formula is C14H14O5S. The summed E-state index contributed by atoms with van der Waals surface area (Å²) in [7, 11) is 3.03. The van der Waals surface area contributed by atoms with Crippen LogP contribution < -0.4 is 9.47 Å². The number of aliphatic hydroxyl groups is 1. The van der Waals surface area contributed by atoms with Gasteiger partial charge in [-0.3, -0.25) is 0 Å². The third-order valence-corrected chi connectivity index (χ3v) is 3.83. The lowest BCUT2D eigenvalue weighted by Gasteiger charge is -2.13. The number of thiophene rings is 1. The molecule has 2 aromatic rings. The second-order valence-corrected chi connectivity index (χ2v) is 5.00. The normalized spacial score (nSPS) is 11.9. The fraction of sp³-hybridized carbons (Fsp3) is 0.214. The Labute approximate surface area is 120 Å². The first-order valence-corrected chi connectivity index (χ1v) is 6.66. The summed E-state index contributed by atoms with van der Waals surface area (Å²) in [6, 6.07) is 6.46. The van der Waals surface area contributed by atoms with Gasteiger partial charge in [-0.1, -0.05) is 0 Å². The smallest absolute Gasteiger partial charge is 0.336 e. The highest BCUT2D eigenvalue weighted by Crippen LogP contribution is 2.33. The fourth-order valence-electron chi connectivity index (χ4n) is 1.85. The van der Waals surface area contributed by atoms with Crippen molar-refractivity contribution < 1.29 is 24.5 Å². The van der Waals surface area contributed by atoms with Crippen LogP contribution in [-0.4, -0.2) is 30.4 Å². The molecule has 106 valence electrons. The quantitative estimate of drug-likeness (QED) is 0.886. The Kier molecular flexibility index (Phi) is 4.26. The van der Waals surface area contributed by atoms with Crippen molar-refractivity contribution in [2.75, 3.05) is 14.2 Å². The molecule has 0 saturated heterocycles. The van der Waals surface area contributed by atoms with E-state index in [9.17, 15) is 9.90 Å². The SMILES string of the molecule is COc1cc(OC)cc(C(O)c2sccc2C(=O)O)c1. The standard InChI is InChI=1S/C14H14O5S/c1-18-9-5-8(6-10(7-9)19-2)12(15)13-11(14(16)17)3-4-20-13/h3-7,12,15H,1-2H3,(H,16,17). The summed E-state index contributed by atoms with van der Waals surface area (Å²) in [6.07, 6.45) is -1.04. The van der Waals surface area contributed by atoms with Gasteiger partial charge in [0.2, 0.25) is 0 Å². The van der Waals surface area contributed by atoms with Crippen LogP contribution in [0.4, 0.5) is 0 Å². The van der Waals surface area contributed by atoms with Crippen LogP contribution in [0, 0.1) is 0 Å². The molecule has 0 radical (unpaired) electrons. The summed E-state index contributed by atoms with van der Waals surface area (Å²) in [5, 5.41) is 21.1. The van der Waals surface area contributed by atoms with Gasteiger partial charge in [0, 0.05) is 6.07 Å². The molecule has 20 heavy (non-hydrogen) atoms. The minimum atomic E-state index is -1.06. The third kappa shape index (κ3) is 2.76. The van der Waals surface area contributed by atoms with E-state index in [-0.39, 0.29) is 5.56 Å². The lowest BCUT2D eigenvalue weighted by molar-refractivity contribution is 0.0692. The summed E-state index contributed by atoms with van der Waals surface area (Å²) in [4.78, 5) is 11.5. The van der Waals surface area contributed by atoms with Gasteiger partial charge >= 0.3 is 5.97 Å². The van der Waals surface area contributed by atoms with Gasteiger partial charge in [0.1, 0.15) is 17.6 Å². The zero-order valence-corrected chi connectivity index (χ0v) is 11.8. The zero-order valence-electron chi connectivity index (χ0n) is 11.0. The number of carbonyl (C=O) groups is 1. The Morgan fingerprint density at radius 2 is 1.80 bits per heavy atom. The molecule has 1 aromatic heterocycles. The number of hydrogen-bond acceptors (Lipinski definition) is 5. The van der Waals surface area contributed by atoms with Crippen molar-refractivity contribution in [3.8, 4) is 11.5 Å². The van der Waals surface area contributed by atoms with E-state index in [4.69, 9.17) is 14.6 Å². The number of ether oxygens (including phenoxy) is 2. The van der Waals surface area contributed by atoms with E-state index < -0.39 is 12.1 Å². The number of rotatable bonds is 5. The Bertz CT molecular complexity index is 598. The maximum absolute atomic E-state index is 11.1. The lowest BCUT2D eigenvalue weighted by Crippen LogP contribution is -2.05. The number of benzene rings is 1.